The Balaban J connectivity index is 1.52. The number of rotatable bonds is 6. The number of carbonyl (C=O) groups excluding carboxylic acids is 1. The largest absolute Gasteiger partial charge is 0.396 e. The summed E-state index contributed by atoms with van der Waals surface area (Å²) in [6.45, 7) is 5.07. The molecule has 1 amide bonds. The van der Waals surface area contributed by atoms with Gasteiger partial charge in [-0.2, -0.15) is 5.10 Å². The summed E-state index contributed by atoms with van der Waals surface area (Å²) in [4.78, 5) is 15.8. The van der Waals surface area contributed by atoms with Gasteiger partial charge >= 0.3 is 0 Å². The Morgan fingerprint density at radius 1 is 1.34 bits per heavy atom. The van der Waals surface area contributed by atoms with Crippen molar-refractivity contribution in [2.24, 2.45) is 12.5 Å². The second-order valence-electron chi connectivity index (χ2n) is 8.44. The Morgan fingerprint density at radius 3 is 2.97 bits per heavy atom. The number of nitrogens with one attached hydrogen (secondary N) is 3. The van der Waals surface area contributed by atoms with E-state index < -0.39 is 0 Å². The Kier molecular flexibility index (Phi) is 4.92. The number of hydrogen-bond donors (Lipinski definition) is 4. The summed E-state index contributed by atoms with van der Waals surface area (Å²) in [5.41, 5.74) is 6.08. The monoisotopic (exact) mass is 393 g/mol. The molecule has 1 aromatic carbocycles. The fourth-order valence-electron chi connectivity index (χ4n) is 3.57. The van der Waals surface area contributed by atoms with E-state index in [9.17, 15) is 9.90 Å². The third-order valence-electron chi connectivity index (χ3n) is 5.34. The number of nitrogens with zero attached hydrogens (tertiary/aromatic N) is 2. The molecule has 0 radical (unpaired) electrons. The molecule has 4 rings (SSSR count). The number of amides is 1. The highest BCUT2D eigenvalue weighted by atomic mass is 16.3. The number of H-pyrrole nitrogens is 1. The second kappa shape index (κ2) is 7.40. The fraction of sp³-hybridized carbons (Fsp3) is 0.364. The number of aryl methyl sites for hydroxylation is 1. The predicted octanol–water partition coefficient (Wildman–Crippen LogP) is 2.68. The molecule has 2 aromatic heterocycles. The Morgan fingerprint density at radius 2 is 2.17 bits per heavy atom. The maximum atomic E-state index is 12.3. The van der Waals surface area contributed by atoms with Gasteiger partial charge in [0.25, 0.3) is 0 Å². The molecule has 0 atom stereocenters. The minimum absolute atomic E-state index is 0.0344. The highest BCUT2D eigenvalue weighted by molar-refractivity contribution is 5.84. The zero-order valence-corrected chi connectivity index (χ0v) is 17.0. The van der Waals surface area contributed by atoms with Crippen molar-refractivity contribution >= 4 is 11.7 Å². The van der Waals surface area contributed by atoms with Gasteiger partial charge in [-0.05, 0) is 23.3 Å². The summed E-state index contributed by atoms with van der Waals surface area (Å²) in [6.07, 6.45) is 2.20. The topological polar surface area (TPSA) is 95.0 Å². The van der Waals surface area contributed by atoms with Crippen LogP contribution in [-0.2, 0) is 24.8 Å². The van der Waals surface area contributed by atoms with Crippen LogP contribution in [-0.4, -0.2) is 38.9 Å². The summed E-state index contributed by atoms with van der Waals surface area (Å²) >= 11 is 0. The molecule has 7 heteroatoms. The van der Waals surface area contributed by atoms with Crippen LogP contribution in [0.2, 0.25) is 0 Å². The minimum atomic E-state index is -0.321. The smallest absolute Gasteiger partial charge is 0.224 e. The number of carbonyl (C=O) groups is 1. The first-order chi connectivity index (χ1) is 13.9. The van der Waals surface area contributed by atoms with Gasteiger partial charge < -0.3 is 20.7 Å². The van der Waals surface area contributed by atoms with Crippen LogP contribution >= 0.6 is 0 Å². The Bertz CT molecular complexity index is 1050. The van der Waals surface area contributed by atoms with E-state index in [1.807, 2.05) is 56.0 Å². The lowest BCUT2D eigenvalue weighted by molar-refractivity contribution is -0.121. The second-order valence-corrected chi connectivity index (χ2v) is 8.44. The zero-order valence-electron chi connectivity index (χ0n) is 17.0. The van der Waals surface area contributed by atoms with E-state index in [-0.39, 0.29) is 17.9 Å². The first-order valence-corrected chi connectivity index (χ1v) is 9.81. The van der Waals surface area contributed by atoms with Crippen molar-refractivity contribution in [1.82, 2.24) is 20.1 Å². The van der Waals surface area contributed by atoms with Gasteiger partial charge in [0.05, 0.1) is 18.3 Å². The average molecular weight is 393 g/mol. The van der Waals surface area contributed by atoms with Crippen molar-refractivity contribution in [3.63, 3.8) is 0 Å². The summed E-state index contributed by atoms with van der Waals surface area (Å²) in [7, 11) is 1.96. The Hall–Kier alpha value is -3.06. The van der Waals surface area contributed by atoms with Gasteiger partial charge in [-0.1, -0.05) is 32.0 Å². The van der Waals surface area contributed by atoms with Crippen LogP contribution in [0.4, 0.5) is 5.82 Å². The predicted molar refractivity (Wildman–Crippen MR) is 113 cm³/mol. The van der Waals surface area contributed by atoms with Crippen molar-refractivity contribution in [3.8, 4) is 22.5 Å². The molecule has 1 aliphatic rings. The number of aliphatic hydroxyl groups excluding tert-OH is 1. The lowest BCUT2D eigenvalue weighted by atomic mass is 9.95. The van der Waals surface area contributed by atoms with E-state index >= 15 is 0 Å². The number of anilines is 1. The third-order valence-corrected chi connectivity index (χ3v) is 5.34. The number of aromatic amines is 1. The molecule has 0 saturated carbocycles. The number of fused-ring (bicyclic) bond motifs is 3. The van der Waals surface area contributed by atoms with Crippen LogP contribution in [0.25, 0.3) is 22.5 Å². The van der Waals surface area contributed by atoms with Crippen LogP contribution in [0.3, 0.4) is 0 Å². The Labute approximate surface area is 170 Å². The standard InChI is InChI=1S/C22H27N5O2/c1-22(2,13-28)12-24-19(29)8-14-5-4-6-15(7-14)18-9-17-20-16(11-25-27(20)3)10-23-21(17)26-18/h4-7,9,11,23,26,28H,8,10,12-13H2,1-3H3,(H,24,29). The van der Waals surface area contributed by atoms with Crippen molar-refractivity contribution in [3.05, 3.63) is 47.7 Å². The molecule has 7 nitrogen and oxygen atoms in total. The lowest BCUT2D eigenvalue weighted by Crippen LogP contribution is -2.36. The normalized spacial score (nSPS) is 12.8. The first-order valence-electron chi connectivity index (χ1n) is 9.81. The van der Waals surface area contributed by atoms with E-state index in [0.29, 0.717) is 13.0 Å². The molecule has 0 unspecified atom stereocenters. The average Bonchev–Trinajstić information content (AvgIpc) is 3.30. The number of aliphatic hydroxyl groups is 1. The van der Waals surface area contributed by atoms with Gasteiger partial charge in [-0.3, -0.25) is 9.48 Å². The van der Waals surface area contributed by atoms with E-state index in [4.69, 9.17) is 0 Å². The van der Waals surface area contributed by atoms with Gasteiger partial charge in [0, 0.05) is 49.0 Å². The number of hydrogen-bond acceptors (Lipinski definition) is 4. The van der Waals surface area contributed by atoms with E-state index in [0.717, 1.165) is 40.4 Å². The molecule has 0 spiro atoms. The third kappa shape index (κ3) is 3.91. The molecular weight excluding hydrogens is 366 g/mol. The van der Waals surface area contributed by atoms with Crippen LogP contribution in [0.5, 0.6) is 0 Å². The molecule has 0 saturated heterocycles. The van der Waals surface area contributed by atoms with Crippen molar-refractivity contribution in [2.75, 3.05) is 18.5 Å². The van der Waals surface area contributed by atoms with Crippen LogP contribution in [0, 0.1) is 5.41 Å². The molecule has 29 heavy (non-hydrogen) atoms. The summed E-state index contributed by atoms with van der Waals surface area (Å²) in [6, 6.07) is 10.1. The van der Waals surface area contributed by atoms with Gasteiger partial charge in [0.15, 0.2) is 0 Å². The number of benzene rings is 1. The summed E-state index contributed by atoms with van der Waals surface area (Å²) < 4.78 is 1.90. The zero-order chi connectivity index (χ0) is 20.6. The minimum Gasteiger partial charge on any atom is -0.396 e. The highest BCUT2D eigenvalue weighted by Gasteiger charge is 2.22. The van der Waals surface area contributed by atoms with E-state index in [1.165, 1.54) is 5.56 Å². The quantitative estimate of drug-likeness (QED) is 0.518. The molecule has 0 fully saturated rings. The summed E-state index contributed by atoms with van der Waals surface area (Å²) in [5, 5.41) is 20.0. The van der Waals surface area contributed by atoms with E-state index in [2.05, 4.69) is 26.8 Å². The molecule has 0 bridgehead atoms. The molecule has 152 valence electrons. The van der Waals surface area contributed by atoms with Crippen molar-refractivity contribution in [2.45, 2.75) is 26.8 Å². The van der Waals surface area contributed by atoms with Crippen LogP contribution in [0.15, 0.2) is 36.5 Å². The molecule has 3 heterocycles. The first kappa shape index (κ1) is 19.3. The van der Waals surface area contributed by atoms with Crippen LogP contribution in [0.1, 0.15) is 25.0 Å². The fourth-order valence-corrected chi connectivity index (χ4v) is 3.57. The molecule has 1 aliphatic heterocycles. The summed E-state index contributed by atoms with van der Waals surface area (Å²) in [5.74, 6) is 0.945. The number of aromatic nitrogens is 3. The van der Waals surface area contributed by atoms with Crippen molar-refractivity contribution in [1.29, 1.82) is 0 Å². The highest BCUT2D eigenvalue weighted by Crippen LogP contribution is 2.38. The molecule has 0 aliphatic carbocycles. The maximum Gasteiger partial charge on any atom is 0.224 e. The lowest BCUT2D eigenvalue weighted by Gasteiger charge is -2.21. The van der Waals surface area contributed by atoms with Crippen molar-refractivity contribution < 1.29 is 9.90 Å². The van der Waals surface area contributed by atoms with Gasteiger partial charge in [0.2, 0.25) is 5.91 Å². The van der Waals surface area contributed by atoms with Gasteiger partial charge in [-0.25, -0.2) is 0 Å². The molecule has 4 N–H and O–H groups in total. The van der Waals surface area contributed by atoms with Crippen LogP contribution < -0.4 is 10.6 Å². The SMILES string of the molecule is Cn1ncc2c1-c1cc(-c3cccc(CC(=O)NCC(C)(C)CO)c3)[nH]c1NC2. The van der Waals surface area contributed by atoms with Gasteiger partial charge in [-0.15, -0.1) is 0 Å². The molecule has 3 aromatic rings. The van der Waals surface area contributed by atoms with Gasteiger partial charge in [0.1, 0.15) is 5.82 Å². The molecular formula is C22H27N5O2. The van der Waals surface area contributed by atoms with E-state index in [1.54, 1.807) is 0 Å². The maximum absolute atomic E-state index is 12.3.